The Labute approximate surface area is 72.5 Å². The Hall–Kier alpha value is -1.29. The first-order chi connectivity index (χ1) is 5.65. The molecule has 1 heteroatoms. The van der Waals surface area contributed by atoms with Gasteiger partial charge in [0.25, 0.3) is 0 Å². The van der Waals surface area contributed by atoms with Crippen LogP contribution in [0.3, 0.4) is 0 Å². The van der Waals surface area contributed by atoms with E-state index in [1.807, 2.05) is 19.9 Å². The zero-order chi connectivity index (χ0) is 9.14. The summed E-state index contributed by atoms with van der Waals surface area (Å²) in [4.78, 5) is 0. The lowest BCUT2D eigenvalue weighted by molar-refractivity contribution is 0.606. The standard InChI is InChI=1S/C11H11F/c1-4-10-6-5-8(2)9(3)7-11(10)12/h1,5-6H,7H2,2-3H3. The van der Waals surface area contributed by atoms with E-state index >= 15 is 0 Å². The fourth-order valence-corrected chi connectivity index (χ4v) is 1.03. The Balaban J connectivity index is 3.09. The second-order valence-corrected chi connectivity index (χ2v) is 2.94. The van der Waals surface area contributed by atoms with Crippen molar-refractivity contribution in [2.24, 2.45) is 0 Å². The van der Waals surface area contributed by atoms with Crippen molar-refractivity contribution in [3.05, 3.63) is 34.7 Å². The predicted octanol–water partition coefficient (Wildman–Crippen LogP) is 3.14. The monoisotopic (exact) mass is 162 g/mol. The van der Waals surface area contributed by atoms with Crippen LogP contribution < -0.4 is 0 Å². The molecule has 0 nitrogen and oxygen atoms in total. The SMILES string of the molecule is C#CC1=C(F)CC(C)=C(C)C=C1. The van der Waals surface area contributed by atoms with E-state index in [0.717, 1.165) is 11.1 Å². The molecule has 0 unspecified atom stereocenters. The summed E-state index contributed by atoms with van der Waals surface area (Å²) in [6.45, 7) is 3.87. The highest BCUT2D eigenvalue weighted by atomic mass is 19.1. The summed E-state index contributed by atoms with van der Waals surface area (Å²) in [5, 5.41) is 0. The molecule has 0 radical (unpaired) electrons. The lowest BCUT2D eigenvalue weighted by Gasteiger charge is -1.99. The maximum Gasteiger partial charge on any atom is 0.120 e. The molecule has 0 aromatic carbocycles. The van der Waals surface area contributed by atoms with E-state index in [2.05, 4.69) is 5.92 Å². The first-order valence-electron chi connectivity index (χ1n) is 3.85. The molecule has 0 bridgehead atoms. The lowest BCUT2D eigenvalue weighted by Crippen LogP contribution is -1.82. The van der Waals surface area contributed by atoms with E-state index in [-0.39, 0.29) is 5.83 Å². The minimum Gasteiger partial charge on any atom is -0.210 e. The van der Waals surface area contributed by atoms with Gasteiger partial charge in [-0.2, -0.15) is 0 Å². The zero-order valence-corrected chi connectivity index (χ0v) is 7.32. The van der Waals surface area contributed by atoms with Crippen molar-refractivity contribution in [2.45, 2.75) is 20.3 Å². The second-order valence-electron chi connectivity index (χ2n) is 2.94. The van der Waals surface area contributed by atoms with E-state index in [0.29, 0.717) is 12.0 Å². The molecule has 1 aliphatic carbocycles. The largest absolute Gasteiger partial charge is 0.210 e. The quantitative estimate of drug-likeness (QED) is 0.480. The molecule has 0 amide bonds. The molecule has 0 aromatic heterocycles. The summed E-state index contributed by atoms with van der Waals surface area (Å²) < 4.78 is 13.2. The van der Waals surface area contributed by atoms with E-state index < -0.39 is 0 Å². The van der Waals surface area contributed by atoms with Gasteiger partial charge in [0.15, 0.2) is 0 Å². The number of rotatable bonds is 0. The normalized spacial score (nSPS) is 17.8. The minimum absolute atomic E-state index is 0.205. The molecule has 12 heavy (non-hydrogen) atoms. The topological polar surface area (TPSA) is 0 Å². The number of allylic oxidation sites excluding steroid dienone is 6. The van der Waals surface area contributed by atoms with Gasteiger partial charge in [-0.1, -0.05) is 23.1 Å². The van der Waals surface area contributed by atoms with Crippen LogP contribution in [0.1, 0.15) is 20.3 Å². The Kier molecular flexibility index (Phi) is 2.50. The van der Waals surface area contributed by atoms with E-state index in [1.54, 1.807) is 6.08 Å². The number of hydrogen-bond donors (Lipinski definition) is 0. The van der Waals surface area contributed by atoms with Crippen molar-refractivity contribution in [2.75, 3.05) is 0 Å². The average Bonchev–Trinajstić information content (AvgIpc) is 2.14. The molecular weight excluding hydrogens is 151 g/mol. The Morgan fingerprint density at radius 3 is 2.67 bits per heavy atom. The van der Waals surface area contributed by atoms with Gasteiger partial charge >= 0.3 is 0 Å². The second kappa shape index (κ2) is 3.40. The molecule has 0 atom stereocenters. The molecule has 0 saturated carbocycles. The number of terminal acetylenes is 1. The fraction of sp³-hybridized carbons (Fsp3) is 0.273. The van der Waals surface area contributed by atoms with Crippen molar-refractivity contribution in [1.29, 1.82) is 0 Å². The third-order valence-electron chi connectivity index (χ3n) is 2.04. The zero-order valence-electron chi connectivity index (χ0n) is 7.32. The molecule has 0 aliphatic heterocycles. The summed E-state index contributed by atoms with van der Waals surface area (Å²) in [5.41, 5.74) is 2.50. The molecule has 0 N–H and O–H groups in total. The van der Waals surface area contributed by atoms with Gasteiger partial charge < -0.3 is 0 Å². The number of halogens is 1. The van der Waals surface area contributed by atoms with E-state index in [1.165, 1.54) is 0 Å². The van der Waals surface area contributed by atoms with Crippen LogP contribution >= 0.6 is 0 Å². The van der Waals surface area contributed by atoms with E-state index in [4.69, 9.17) is 6.42 Å². The maximum atomic E-state index is 13.2. The Morgan fingerprint density at radius 2 is 2.08 bits per heavy atom. The van der Waals surface area contributed by atoms with E-state index in [9.17, 15) is 4.39 Å². The lowest BCUT2D eigenvalue weighted by atomic mass is 10.1. The van der Waals surface area contributed by atoms with Crippen LogP contribution in [-0.4, -0.2) is 0 Å². The summed E-state index contributed by atoms with van der Waals surface area (Å²) in [5.74, 6) is 2.12. The Morgan fingerprint density at radius 1 is 1.42 bits per heavy atom. The predicted molar refractivity (Wildman–Crippen MR) is 49.1 cm³/mol. The van der Waals surface area contributed by atoms with Gasteiger partial charge in [0.05, 0.1) is 5.57 Å². The fourth-order valence-electron chi connectivity index (χ4n) is 1.03. The van der Waals surface area contributed by atoms with Gasteiger partial charge in [-0.25, -0.2) is 4.39 Å². The van der Waals surface area contributed by atoms with Gasteiger partial charge in [-0.15, -0.1) is 6.42 Å². The minimum atomic E-state index is -0.205. The Bertz CT molecular complexity index is 321. The van der Waals surface area contributed by atoms with Gasteiger partial charge in [0.2, 0.25) is 0 Å². The van der Waals surface area contributed by atoms with Crippen LogP contribution in [0.5, 0.6) is 0 Å². The maximum absolute atomic E-state index is 13.2. The highest BCUT2D eigenvalue weighted by Crippen LogP contribution is 2.23. The highest BCUT2D eigenvalue weighted by Gasteiger charge is 2.07. The smallest absolute Gasteiger partial charge is 0.120 e. The van der Waals surface area contributed by atoms with Crippen molar-refractivity contribution in [3.8, 4) is 12.3 Å². The van der Waals surface area contributed by atoms with Crippen LogP contribution in [0.25, 0.3) is 0 Å². The third-order valence-corrected chi connectivity index (χ3v) is 2.04. The first kappa shape index (κ1) is 8.80. The first-order valence-corrected chi connectivity index (χ1v) is 3.85. The van der Waals surface area contributed by atoms with Gasteiger partial charge in [-0.3, -0.25) is 0 Å². The summed E-state index contributed by atoms with van der Waals surface area (Å²) in [6, 6.07) is 0. The van der Waals surface area contributed by atoms with Gasteiger partial charge in [0.1, 0.15) is 5.83 Å². The molecule has 0 spiro atoms. The molecule has 0 aromatic rings. The molecule has 0 heterocycles. The van der Waals surface area contributed by atoms with Gasteiger partial charge in [0, 0.05) is 6.42 Å². The third kappa shape index (κ3) is 1.65. The molecule has 62 valence electrons. The van der Waals surface area contributed by atoms with Crippen molar-refractivity contribution in [1.82, 2.24) is 0 Å². The molecule has 0 saturated heterocycles. The van der Waals surface area contributed by atoms with Crippen LogP contribution in [0.4, 0.5) is 4.39 Å². The van der Waals surface area contributed by atoms with Crippen molar-refractivity contribution in [3.63, 3.8) is 0 Å². The molecule has 1 aliphatic rings. The van der Waals surface area contributed by atoms with Crippen LogP contribution in [-0.2, 0) is 0 Å². The van der Waals surface area contributed by atoms with Crippen LogP contribution in [0.2, 0.25) is 0 Å². The van der Waals surface area contributed by atoms with Crippen LogP contribution in [0.15, 0.2) is 34.7 Å². The van der Waals surface area contributed by atoms with Crippen LogP contribution in [0, 0.1) is 12.3 Å². The highest BCUT2D eigenvalue weighted by molar-refractivity contribution is 5.45. The molecule has 1 rings (SSSR count). The van der Waals surface area contributed by atoms with Gasteiger partial charge in [-0.05, 0) is 19.9 Å². The van der Waals surface area contributed by atoms with Crippen molar-refractivity contribution < 1.29 is 4.39 Å². The summed E-state index contributed by atoms with van der Waals surface area (Å²) in [7, 11) is 0. The summed E-state index contributed by atoms with van der Waals surface area (Å²) in [6.07, 6.45) is 8.99. The number of hydrogen-bond acceptors (Lipinski definition) is 0. The average molecular weight is 162 g/mol. The van der Waals surface area contributed by atoms with Crippen molar-refractivity contribution >= 4 is 0 Å². The summed E-state index contributed by atoms with van der Waals surface area (Å²) >= 11 is 0. The molecular formula is C11H11F. The molecule has 0 fully saturated rings.